The van der Waals surface area contributed by atoms with E-state index in [0.717, 1.165) is 13.0 Å². The predicted molar refractivity (Wildman–Crippen MR) is 73.2 cm³/mol. The Morgan fingerprint density at radius 2 is 2.06 bits per heavy atom. The smallest absolute Gasteiger partial charge is 0.0528 e. The Hall–Kier alpha value is -1.06. The molecule has 0 fully saturated rings. The van der Waals surface area contributed by atoms with Gasteiger partial charge in [-0.05, 0) is 26.3 Å². The topological polar surface area (TPSA) is 38.0 Å². The maximum absolute atomic E-state index is 5.95. The quantitative estimate of drug-likeness (QED) is 0.850. The Labute approximate surface area is 100 Å². The predicted octanol–water partition coefficient (Wildman–Crippen LogP) is 3.44. The van der Waals surface area contributed by atoms with Crippen LogP contribution in [0.1, 0.15) is 20.3 Å². The molecule has 1 aromatic heterocycles. The SMILES string of the molecule is CC(C)(N)CCNc1csc2ccccc12. The highest BCUT2D eigenvalue weighted by atomic mass is 32.1. The Kier molecular flexibility index (Phi) is 3.17. The summed E-state index contributed by atoms with van der Waals surface area (Å²) >= 11 is 1.78. The molecule has 1 aromatic carbocycles. The van der Waals surface area contributed by atoms with Crippen molar-refractivity contribution in [2.45, 2.75) is 25.8 Å². The molecule has 2 aromatic rings. The van der Waals surface area contributed by atoms with E-state index in [1.807, 2.05) is 0 Å². The number of hydrogen-bond donors (Lipinski definition) is 2. The van der Waals surface area contributed by atoms with Crippen LogP contribution in [0.15, 0.2) is 29.6 Å². The first-order chi connectivity index (χ1) is 7.56. The summed E-state index contributed by atoms with van der Waals surface area (Å²) in [6.07, 6.45) is 0.969. The molecule has 0 aliphatic rings. The van der Waals surface area contributed by atoms with Crippen molar-refractivity contribution >= 4 is 27.1 Å². The van der Waals surface area contributed by atoms with Crippen molar-refractivity contribution in [2.24, 2.45) is 5.73 Å². The lowest BCUT2D eigenvalue weighted by molar-refractivity contribution is 0.491. The Morgan fingerprint density at radius 3 is 2.81 bits per heavy atom. The number of nitrogens with two attached hydrogens (primary N) is 1. The molecular formula is C13H18N2S. The highest BCUT2D eigenvalue weighted by molar-refractivity contribution is 7.17. The molecule has 0 bridgehead atoms. The van der Waals surface area contributed by atoms with E-state index in [1.54, 1.807) is 11.3 Å². The summed E-state index contributed by atoms with van der Waals surface area (Å²) in [5.41, 5.74) is 7.08. The van der Waals surface area contributed by atoms with Crippen molar-refractivity contribution in [1.82, 2.24) is 0 Å². The summed E-state index contributed by atoms with van der Waals surface area (Å²) in [6, 6.07) is 8.46. The normalized spacial score (nSPS) is 11.9. The van der Waals surface area contributed by atoms with E-state index in [-0.39, 0.29) is 5.54 Å². The van der Waals surface area contributed by atoms with Crippen molar-refractivity contribution in [3.8, 4) is 0 Å². The van der Waals surface area contributed by atoms with Crippen molar-refractivity contribution in [3.05, 3.63) is 29.6 Å². The van der Waals surface area contributed by atoms with Gasteiger partial charge in [-0.15, -0.1) is 11.3 Å². The van der Waals surface area contributed by atoms with Gasteiger partial charge < -0.3 is 11.1 Å². The van der Waals surface area contributed by atoms with Crippen molar-refractivity contribution in [1.29, 1.82) is 0 Å². The lowest BCUT2D eigenvalue weighted by Gasteiger charge is -2.18. The minimum Gasteiger partial charge on any atom is -0.384 e. The van der Waals surface area contributed by atoms with Gasteiger partial charge in [0.25, 0.3) is 0 Å². The molecule has 3 heteroatoms. The maximum Gasteiger partial charge on any atom is 0.0528 e. The molecule has 0 spiro atoms. The van der Waals surface area contributed by atoms with Crippen LogP contribution in [0.4, 0.5) is 5.69 Å². The molecule has 0 amide bonds. The van der Waals surface area contributed by atoms with E-state index < -0.39 is 0 Å². The highest BCUT2D eigenvalue weighted by Crippen LogP contribution is 2.29. The van der Waals surface area contributed by atoms with Crippen LogP contribution in [0.25, 0.3) is 10.1 Å². The van der Waals surface area contributed by atoms with Gasteiger partial charge in [0, 0.05) is 27.5 Å². The van der Waals surface area contributed by atoms with Crippen LogP contribution in [-0.4, -0.2) is 12.1 Å². The molecule has 0 atom stereocenters. The first kappa shape index (κ1) is 11.4. The van der Waals surface area contributed by atoms with Gasteiger partial charge in [-0.2, -0.15) is 0 Å². The number of thiophene rings is 1. The van der Waals surface area contributed by atoms with E-state index in [0.29, 0.717) is 0 Å². The minimum atomic E-state index is -0.0984. The van der Waals surface area contributed by atoms with Gasteiger partial charge in [-0.3, -0.25) is 0 Å². The van der Waals surface area contributed by atoms with Crippen LogP contribution >= 0.6 is 11.3 Å². The lowest BCUT2D eigenvalue weighted by Crippen LogP contribution is -2.34. The summed E-state index contributed by atoms with van der Waals surface area (Å²) in [4.78, 5) is 0. The van der Waals surface area contributed by atoms with Crippen LogP contribution < -0.4 is 11.1 Å². The monoisotopic (exact) mass is 234 g/mol. The Morgan fingerprint density at radius 1 is 1.31 bits per heavy atom. The van der Waals surface area contributed by atoms with Gasteiger partial charge >= 0.3 is 0 Å². The number of fused-ring (bicyclic) bond motifs is 1. The second kappa shape index (κ2) is 4.44. The molecule has 2 rings (SSSR count). The molecule has 0 aliphatic heterocycles. The molecule has 0 saturated carbocycles. The largest absolute Gasteiger partial charge is 0.384 e. The van der Waals surface area contributed by atoms with Crippen LogP contribution in [0.3, 0.4) is 0 Å². The lowest BCUT2D eigenvalue weighted by atomic mass is 10.0. The minimum absolute atomic E-state index is 0.0984. The Balaban J connectivity index is 2.05. The molecule has 0 saturated heterocycles. The first-order valence-corrected chi connectivity index (χ1v) is 6.43. The summed E-state index contributed by atoms with van der Waals surface area (Å²) in [5.74, 6) is 0. The molecule has 2 nitrogen and oxygen atoms in total. The molecular weight excluding hydrogens is 216 g/mol. The Bertz CT molecular complexity index is 468. The van der Waals surface area contributed by atoms with Crippen LogP contribution in [0.5, 0.6) is 0 Å². The first-order valence-electron chi connectivity index (χ1n) is 5.55. The summed E-state index contributed by atoms with van der Waals surface area (Å²) in [5, 5.41) is 6.94. The van der Waals surface area contributed by atoms with Gasteiger partial charge in [-0.25, -0.2) is 0 Å². The number of anilines is 1. The third-order valence-corrected chi connectivity index (χ3v) is 3.53. The van der Waals surface area contributed by atoms with Crippen LogP contribution in [-0.2, 0) is 0 Å². The highest BCUT2D eigenvalue weighted by Gasteiger charge is 2.10. The fraction of sp³-hybridized carbons (Fsp3) is 0.385. The second-order valence-corrected chi connectivity index (χ2v) is 5.72. The third-order valence-electron chi connectivity index (χ3n) is 2.57. The summed E-state index contributed by atoms with van der Waals surface area (Å²) < 4.78 is 1.33. The molecule has 3 N–H and O–H groups in total. The van der Waals surface area contributed by atoms with E-state index in [4.69, 9.17) is 5.73 Å². The number of benzene rings is 1. The van der Waals surface area contributed by atoms with E-state index >= 15 is 0 Å². The molecule has 86 valence electrons. The van der Waals surface area contributed by atoms with E-state index in [2.05, 4.69) is 48.8 Å². The van der Waals surface area contributed by atoms with E-state index in [9.17, 15) is 0 Å². The van der Waals surface area contributed by atoms with Crippen molar-refractivity contribution in [3.63, 3.8) is 0 Å². The molecule has 0 radical (unpaired) electrons. The molecule has 16 heavy (non-hydrogen) atoms. The van der Waals surface area contributed by atoms with Gasteiger partial charge in [0.1, 0.15) is 0 Å². The standard InChI is InChI=1S/C13H18N2S/c1-13(2,14)7-8-15-11-9-16-12-6-4-3-5-10(11)12/h3-6,9,15H,7-8,14H2,1-2H3. The maximum atomic E-state index is 5.95. The summed E-state index contributed by atoms with van der Waals surface area (Å²) in [7, 11) is 0. The van der Waals surface area contributed by atoms with Crippen LogP contribution in [0, 0.1) is 0 Å². The van der Waals surface area contributed by atoms with Gasteiger partial charge in [0.15, 0.2) is 0 Å². The molecule has 0 aliphatic carbocycles. The zero-order chi connectivity index (χ0) is 11.6. The molecule has 0 unspecified atom stereocenters. The average molecular weight is 234 g/mol. The number of hydrogen-bond acceptors (Lipinski definition) is 3. The van der Waals surface area contributed by atoms with Gasteiger partial charge in [-0.1, -0.05) is 18.2 Å². The van der Waals surface area contributed by atoms with Crippen molar-refractivity contribution in [2.75, 3.05) is 11.9 Å². The second-order valence-electron chi connectivity index (χ2n) is 4.81. The fourth-order valence-electron chi connectivity index (χ4n) is 1.63. The number of rotatable bonds is 4. The summed E-state index contributed by atoms with van der Waals surface area (Å²) in [6.45, 7) is 5.03. The zero-order valence-electron chi connectivity index (χ0n) is 9.79. The average Bonchev–Trinajstić information content (AvgIpc) is 2.60. The van der Waals surface area contributed by atoms with Crippen LogP contribution in [0.2, 0.25) is 0 Å². The van der Waals surface area contributed by atoms with Gasteiger partial charge in [0.2, 0.25) is 0 Å². The van der Waals surface area contributed by atoms with E-state index in [1.165, 1.54) is 15.8 Å². The third kappa shape index (κ3) is 2.74. The fourth-order valence-corrected chi connectivity index (χ4v) is 2.55. The molecule has 1 heterocycles. The number of nitrogens with one attached hydrogen (secondary N) is 1. The zero-order valence-corrected chi connectivity index (χ0v) is 10.6. The van der Waals surface area contributed by atoms with Gasteiger partial charge in [0.05, 0.1) is 5.69 Å². The van der Waals surface area contributed by atoms with Crippen molar-refractivity contribution < 1.29 is 0 Å².